The summed E-state index contributed by atoms with van der Waals surface area (Å²) in [6.45, 7) is -1.19. The summed E-state index contributed by atoms with van der Waals surface area (Å²) in [4.78, 5) is 16.3. The van der Waals surface area contributed by atoms with Crippen molar-refractivity contribution in [2.75, 3.05) is 17.2 Å². The number of anilines is 2. The number of alkyl halides is 3. The van der Waals surface area contributed by atoms with Gasteiger partial charge < -0.3 is 15.2 Å². The fraction of sp³-hybridized carbons (Fsp3) is 0.235. The van der Waals surface area contributed by atoms with Gasteiger partial charge in [-0.3, -0.25) is 4.79 Å². The molecule has 3 rings (SSSR count). The van der Waals surface area contributed by atoms with Crippen LogP contribution in [0.3, 0.4) is 0 Å². The van der Waals surface area contributed by atoms with Crippen molar-refractivity contribution in [3.8, 4) is 11.4 Å². The molecule has 142 valence electrons. The second kappa shape index (κ2) is 8.21. The molecule has 0 unspecified atom stereocenters. The van der Waals surface area contributed by atoms with Gasteiger partial charge in [0.15, 0.2) is 0 Å². The Morgan fingerprint density at radius 1 is 1.19 bits per heavy atom. The molecule has 3 aromatic rings. The quantitative estimate of drug-likeness (QED) is 0.621. The average Bonchev–Trinajstić information content (AvgIpc) is 3.30. The molecule has 2 heterocycles. The van der Waals surface area contributed by atoms with E-state index in [2.05, 4.69) is 20.8 Å². The van der Waals surface area contributed by atoms with Crippen LogP contribution in [0.25, 0.3) is 11.4 Å². The van der Waals surface area contributed by atoms with Gasteiger partial charge in [-0.25, -0.2) is 0 Å². The highest BCUT2D eigenvalue weighted by Gasteiger charge is 2.27. The Morgan fingerprint density at radius 3 is 2.67 bits per heavy atom. The normalized spacial score (nSPS) is 11.4. The van der Waals surface area contributed by atoms with Crippen LogP contribution in [0.5, 0.6) is 0 Å². The predicted octanol–water partition coefficient (Wildman–Crippen LogP) is 4.34. The van der Waals surface area contributed by atoms with Crippen LogP contribution in [0.1, 0.15) is 12.3 Å². The van der Waals surface area contributed by atoms with Gasteiger partial charge in [-0.15, -0.1) is 0 Å². The number of nitrogens with one attached hydrogen (secondary N) is 2. The van der Waals surface area contributed by atoms with Crippen molar-refractivity contribution in [1.29, 1.82) is 0 Å². The van der Waals surface area contributed by atoms with Crippen LogP contribution in [0.4, 0.5) is 24.5 Å². The third-order valence-corrected chi connectivity index (χ3v) is 4.18. The SMILES string of the molecule is O=C(CCc1nc(-c2ccsc2)no1)Nc1ccccc1NCC(F)(F)F. The van der Waals surface area contributed by atoms with Crippen molar-refractivity contribution in [3.63, 3.8) is 0 Å². The third kappa shape index (κ3) is 5.55. The lowest BCUT2D eigenvalue weighted by atomic mass is 10.2. The molecule has 10 heteroatoms. The van der Waals surface area contributed by atoms with Gasteiger partial charge in [-0.05, 0) is 23.6 Å². The zero-order chi connectivity index (χ0) is 19.3. The van der Waals surface area contributed by atoms with Crippen molar-refractivity contribution in [2.45, 2.75) is 19.0 Å². The van der Waals surface area contributed by atoms with E-state index in [1.165, 1.54) is 23.5 Å². The molecule has 1 amide bonds. The topological polar surface area (TPSA) is 80.0 Å². The summed E-state index contributed by atoms with van der Waals surface area (Å²) in [6, 6.07) is 8.06. The minimum absolute atomic E-state index is 0.0544. The number of hydrogen-bond donors (Lipinski definition) is 2. The van der Waals surface area contributed by atoms with Crippen LogP contribution in [0.2, 0.25) is 0 Å². The van der Waals surface area contributed by atoms with Crippen LogP contribution in [-0.4, -0.2) is 28.8 Å². The Morgan fingerprint density at radius 2 is 1.96 bits per heavy atom. The van der Waals surface area contributed by atoms with Gasteiger partial charge >= 0.3 is 6.18 Å². The summed E-state index contributed by atoms with van der Waals surface area (Å²) < 4.78 is 42.2. The van der Waals surface area contributed by atoms with Gasteiger partial charge in [-0.1, -0.05) is 17.3 Å². The lowest BCUT2D eigenvalue weighted by Gasteiger charge is -2.14. The number of benzene rings is 1. The summed E-state index contributed by atoms with van der Waals surface area (Å²) in [5.41, 5.74) is 1.31. The Balaban J connectivity index is 1.55. The molecule has 0 saturated carbocycles. The number of amides is 1. The van der Waals surface area contributed by atoms with Gasteiger partial charge in [0.1, 0.15) is 6.54 Å². The molecule has 0 fully saturated rings. The van der Waals surface area contributed by atoms with E-state index in [-0.39, 0.29) is 30.1 Å². The standard InChI is InChI=1S/C17H15F3N4O2S/c18-17(19,20)10-21-12-3-1-2-4-13(12)22-14(25)5-6-15-23-16(24-26-15)11-7-8-27-9-11/h1-4,7-9,21H,5-6,10H2,(H,22,25). The Kier molecular flexibility index (Phi) is 5.75. The molecular weight excluding hydrogens is 381 g/mol. The molecule has 1 aromatic carbocycles. The first-order valence-electron chi connectivity index (χ1n) is 7.95. The van der Waals surface area contributed by atoms with Gasteiger partial charge in [0.25, 0.3) is 0 Å². The number of thiophene rings is 1. The number of carbonyl (C=O) groups excluding carboxylic acids is 1. The maximum Gasteiger partial charge on any atom is 0.405 e. The minimum atomic E-state index is -4.35. The van der Waals surface area contributed by atoms with Gasteiger partial charge in [-0.2, -0.15) is 29.5 Å². The Labute approximate surface area is 156 Å². The molecule has 2 aromatic heterocycles. The smallest absolute Gasteiger partial charge is 0.375 e. The zero-order valence-corrected chi connectivity index (χ0v) is 14.7. The third-order valence-electron chi connectivity index (χ3n) is 3.49. The molecule has 0 aliphatic rings. The molecule has 0 bridgehead atoms. The van der Waals surface area contributed by atoms with Crippen LogP contribution < -0.4 is 10.6 Å². The number of nitrogens with zero attached hydrogens (tertiary/aromatic N) is 2. The lowest BCUT2D eigenvalue weighted by Crippen LogP contribution is -2.22. The van der Waals surface area contributed by atoms with E-state index in [1.807, 2.05) is 16.8 Å². The lowest BCUT2D eigenvalue weighted by molar-refractivity contribution is -0.116. The highest BCUT2D eigenvalue weighted by Crippen LogP contribution is 2.24. The molecule has 0 spiro atoms. The van der Waals surface area contributed by atoms with Crippen LogP contribution in [0, 0.1) is 0 Å². The molecule has 2 N–H and O–H groups in total. The summed E-state index contributed by atoms with van der Waals surface area (Å²) in [5, 5.41) is 12.5. The van der Waals surface area contributed by atoms with Crippen LogP contribution >= 0.6 is 11.3 Å². The van der Waals surface area contributed by atoms with E-state index >= 15 is 0 Å². The first-order chi connectivity index (χ1) is 12.9. The summed E-state index contributed by atoms with van der Waals surface area (Å²) in [6.07, 6.45) is -4.07. The van der Waals surface area contributed by atoms with Crippen LogP contribution in [-0.2, 0) is 11.2 Å². The molecule has 0 saturated heterocycles. The summed E-state index contributed by atoms with van der Waals surface area (Å²) in [7, 11) is 0. The predicted molar refractivity (Wildman–Crippen MR) is 95.5 cm³/mol. The van der Waals surface area contributed by atoms with Gasteiger partial charge in [0, 0.05) is 23.8 Å². The first-order valence-corrected chi connectivity index (χ1v) is 8.90. The number of para-hydroxylation sites is 2. The first kappa shape index (κ1) is 18.9. The van der Waals surface area contributed by atoms with E-state index in [0.717, 1.165) is 5.56 Å². The zero-order valence-electron chi connectivity index (χ0n) is 13.9. The average molecular weight is 396 g/mol. The summed E-state index contributed by atoms with van der Waals surface area (Å²) >= 11 is 1.51. The minimum Gasteiger partial charge on any atom is -0.375 e. The maximum atomic E-state index is 12.4. The van der Waals surface area contributed by atoms with E-state index in [4.69, 9.17) is 4.52 Å². The van der Waals surface area contributed by atoms with Gasteiger partial charge in [0.05, 0.1) is 11.4 Å². The molecule has 27 heavy (non-hydrogen) atoms. The molecule has 0 atom stereocenters. The van der Waals surface area contributed by atoms with Crippen molar-refractivity contribution >= 4 is 28.6 Å². The fourth-order valence-corrected chi connectivity index (χ4v) is 2.87. The monoisotopic (exact) mass is 396 g/mol. The fourth-order valence-electron chi connectivity index (χ4n) is 2.24. The van der Waals surface area contributed by atoms with Crippen molar-refractivity contribution in [1.82, 2.24) is 10.1 Å². The van der Waals surface area contributed by atoms with E-state index in [0.29, 0.717) is 11.7 Å². The molecule has 0 aliphatic carbocycles. The number of hydrogen-bond acceptors (Lipinski definition) is 6. The van der Waals surface area contributed by atoms with E-state index < -0.39 is 12.7 Å². The molecule has 0 aliphatic heterocycles. The highest BCUT2D eigenvalue weighted by molar-refractivity contribution is 7.08. The van der Waals surface area contributed by atoms with Crippen molar-refractivity contribution in [3.05, 3.63) is 47.0 Å². The second-order valence-electron chi connectivity index (χ2n) is 5.59. The second-order valence-corrected chi connectivity index (χ2v) is 6.37. The number of rotatable bonds is 7. The van der Waals surface area contributed by atoms with E-state index in [9.17, 15) is 18.0 Å². The molecule has 6 nitrogen and oxygen atoms in total. The van der Waals surface area contributed by atoms with Crippen LogP contribution in [0.15, 0.2) is 45.6 Å². The maximum absolute atomic E-state index is 12.4. The highest BCUT2D eigenvalue weighted by atomic mass is 32.1. The van der Waals surface area contributed by atoms with Crippen molar-refractivity contribution in [2.24, 2.45) is 0 Å². The number of aryl methyl sites for hydroxylation is 1. The Bertz CT molecular complexity index is 894. The summed E-state index contributed by atoms with van der Waals surface area (Å²) in [5.74, 6) is 0.398. The van der Waals surface area contributed by atoms with Gasteiger partial charge in [0.2, 0.25) is 17.6 Å². The largest absolute Gasteiger partial charge is 0.405 e. The molecular formula is C17H15F3N4O2S. The Hall–Kier alpha value is -2.88. The number of carbonyl (C=O) groups is 1. The van der Waals surface area contributed by atoms with E-state index in [1.54, 1.807) is 12.1 Å². The molecule has 0 radical (unpaired) electrons. The van der Waals surface area contributed by atoms with Crippen molar-refractivity contribution < 1.29 is 22.5 Å². The number of aromatic nitrogens is 2. The number of halogens is 3.